The van der Waals surface area contributed by atoms with E-state index in [9.17, 15) is 9.90 Å². The Hall–Kier alpha value is -2.28. The van der Waals surface area contributed by atoms with Crippen LogP contribution in [0.5, 0.6) is 0 Å². The summed E-state index contributed by atoms with van der Waals surface area (Å²) < 4.78 is 12.6. The van der Waals surface area contributed by atoms with Gasteiger partial charge >= 0.3 is 0 Å². The Kier molecular flexibility index (Phi) is 12.4. The molecule has 0 bridgehead atoms. The van der Waals surface area contributed by atoms with Crippen molar-refractivity contribution in [1.82, 2.24) is 0 Å². The highest BCUT2D eigenvalue weighted by atomic mass is 35.5. The maximum atomic E-state index is 12.7. The van der Waals surface area contributed by atoms with Crippen molar-refractivity contribution in [3.63, 3.8) is 0 Å². The zero-order chi connectivity index (χ0) is 28.1. The topological polar surface area (TPSA) is 55.8 Å². The van der Waals surface area contributed by atoms with E-state index >= 15 is 0 Å². The summed E-state index contributed by atoms with van der Waals surface area (Å²) in [6.45, 7) is 8.34. The average molecular weight is 567 g/mol. The molecule has 4 nitrogen and oxygen atoms in total. The van der Waals surface area contributed by atoms with Crippen molar-refractivity contribution in [1.29, 1.82) is 0 Å². The Morgan fingerprint density at radius 1 is 0.846 bits per heavy atom. The lowest BCUT2D eigenvalue weighted by Gasteiger charge is -2.43. The van der Waals surface area contributed by atoms with Gasteiger partial charge in [0.05, 0.1) is 18.1 Å². The third kappa shape index (κ3) is 9.12. The summed E-state index contributed by atoms with van der Waals surface area (Å²) in [4.78, 5) is 12.7. The number of Topliss-reactive ketones (excluding diaryl/α,β-unsaturated/α-hetero) is 1. The van der Waals surface area contributed by atoms with Crippen LogP contribution in [0.2, 0.25) is 5.04 Å². The minimum atomic E-state index is -2.61. The molecule has 2 atom stereocenters. The molecule has 0 saturated carbocycles. The first-order valence-electron chi connectivity index (χ1n) is 13.9. The Morgan fingerprint density at radius 3 is 1.92 bits per heavy atom. The van der Waals surface area contributed by atoms with Gasteiger partial charge in [0.25, 0.3) is 8.32 Å². The summed E-state index contributed by atoms with van der Waals surface area (Å²) in [7, 11) is -2.61. The van der Waals surface area contributed by atoms with E-state index in [2.05, 4.69) is 69.3 Å². The second-order valence-electron chi connectivity index (χ2n) is 11.1. The third-order valence-electron chi connectivity index (χ3n) is 7.07. The average Bonchev–Trinajstić information content (AvgIpc) is 2.93. The van der Waals surface area contributed by atoms with Crippen LogP contribution in [-0.2, 0) is 20.6 Å². The smallest absolute Gasteiger partial charge is 0.261 e. The molecule has 0 aliphatic carbocycles. The molecule has 3 rings (SSSR count). The van der Waals surface area contributed by atoms with Gasteiger partial charge in [0.1, 0.15) is 5.78 Å². The van der Waals surface area contributed by atoms with E-state index in [4.69, 9.17) is 20.8 Å². The quantitative estimate of drug-likeness (QED) is 0.126. The van der Waals surface area contributed by atoms with Crippen molar-refractivity contribution >= 4 is 36.1 Å². The predicted molar refractivity (Wildman–Crippen MR) is 163 cm³/mol. The van der Waals surface area contributed by atoms with Crippen molar-refractivity contribution < 1.29 is 19.1 Å². The first kappa shape index (κ1) is 31.2. The number of hydrogen-bond donors (Lipinski definition) is 1. The van der Waals surface area contributed by atoms with E-state index in [1.54, 1.807) is 0 Å². The van der Waals surface area contributed by atoms with Gasteiger partial charge < -0.3 is 14.3 Å². The zero-order valence-electron chi connectivity index (χ0n) is 23.5. The zero-order valence-corrected chi connectivity index (χ0v) is 25.3. The molecular weight excluding hydrogens is 524 g/mol. The molecule has 0 aliphatic heterocycles. The highest BCUT2D eigenvalue weighted by Gasteiger charge is 2.49. The molecule has 0 heterocycles. The standard InChI is InChI=1S/C33H43ClO4Si/c1-33(2,3)39(29-18-9-5-10-19-29,30-20-11-6-12-21-30)38-24-13-17-28(35)25-32(36)31(34)22-14-23-37-26-27-15-7-4-8-16-27/h4-12,15-16,18-21,31-32,36H,13-14,17,22-26H2,1-3H3/t31-,32+/m1/s1. The lowest BCUT2D eigenvalue weighted by atomic mass is 10.0. The number of carbonyl (C=O) groups is 1. The Morgan fingerprint density at radius 2 is 1.38 bits per heavy atom. The van der Waals surface area contributed by atoms with E-state index in [-0.39, 0.29) is 17.2 Å². The molecule has 0 saturated heterocycles. The second kappa shape index (κ2) is 15.5. The monoisotopic (exact) mass is 566 g/mol. The number of hydrogen-bond acceptors (Lipinski definition) is 4. The number of ketones is 1. The number of benzene rings is 3. The van der Waals surface area contributed by atoms with Crippen LogP contribution in [0.3, 0.4) is 0 Å². The molecule has 0 radical (unpaired) electrons. The van der Waals surface area contributed by atoms with Crippen molar-refractivity contribution in [2.45, 2.75) is 76.0 Å². The number of ether oxygens (including phenoxy) is 1. The largest absolute Gasteiger partial charge is 0.407 e. The molecule has 0 spiro atoms. The van der Waals surface area contributed by atoms with Crippen LogP contribution in [-0.4, -0.2) is 43.9 Å². The van der Waals surface area contributed by atoms with Crippen molar-refractivity contribution in [2.75, 3.05) is 13.2 Å². The first-order valence-corrected chi connectivity index (χ1v) is 16.3. The van der Waals surface area contributed by atoms with Crippen LogP contribution < -0.4 is 10.4 Å². The number of aliphatic hydroxyl groups is 1. The van der Waals surface area contributed by atoms with Crippen LogP contribution in [0.15, 0.2) is 91.0 Å². The van der Waals surface area contributed by atoms with Gasteiger partial charge in [-0.25, -0.2) is 0 Å². The molecule has 3 aromatic rings. The van der Waals surface area contributed by atoms with Gasteiger partial charge in [-0.2, -0.15) is 0 Å². The summed E-state index contributed by atoms with van der Waals surface area (Å²) in [5.74, 6) is 0.0134. The molecule has 0 aliphatic rings. The number of rotatable bonds is 16. The minimum absolute atomic E-state index is 0.0134. The van der Waals surface area contributed by atoms with Crippen LogP contribution in [0.1, 0.15) is 58.4 Å². The normalized spacial score (nSPS) is 13.7. The van der Waals surface area contributed by atoms with E-state index in [0.29, 0.717) is 39.1 Å². The summed E-state index contributed by atoms with van der Waals surface area (Å²) in [6.07, 6.45) is 1.51. The lowest BCUT2D eigenvalue weighted by molar-refractivity contribution is -0.121. The molecule has 0 fully saturated rings. The van der Waals surface area contributed by atoms with Crippen LogP contribution in [0.25, 0.3) is 0 Å². The predicted octanol–water partition coefficient (Wildman–Crippen LogP) is 6.27. The number of alkyl halides is 1. The van der Waals surface area contributed by atoms with Gasteiger partial charge in [0.2, 0.25) is 0 Å². The van der Waals surface area contributed by atoms with E-state index in [1.165, 1.54) is 10.4 Å². The molecule has 3 aromatic carbocycles. The van der Waals surface area contributed by atoms with Gasteiger partial charge in [-0.1, -0.05) is 112 Å². The van der Waals surface area contributed by atoms with Crippen LogP contribution in [0, 0.1) is 0 Å². The Balaban J connectivity index is 1.46. The SMILES string of the molecule is CC(C)(C)[Si](OCCCC(=O)C[C@H](O)[C@H](Cl)CCCOCc1ccccc1)(c1ccccc1)c1ccccc1. The van der Waals surface area contributed by atoms with Crippen molar-refractivity contribution in [3.8, 4) is 0 Å². The van der Waals surface area contributed by atoms with Gasteiger partial charge in [0.15, 0.2) is 0 Å². The third-order valence-corrected chi connectivity index (χ3v) is 12.6. The number of carbonyl (C=O) groups excluding carboxylic acids is 1. The van der Waals surface area contributed by atoms with Crippen LogP contribution >= 0.6 is 11.6 Å². The van der Waals surface area contributed by atoms with E-state index in [1.807, 2.05) is 42.5 Å². The van der Waals surface area contributed by atoms with Gasteiger partial charge in [-0.3, -0.25) is 4.79 Å². The molecule has 0 aromatic heterocycles. The summed E-state index contributed by atoms with van der Waals surface area (Å²) in [5.41, 5.74) is 1.13. The van der Waals surface area contributed by atoms with Gasteiger partial charge in [-0.05, 0) is 40.2 Å². The van der Waals surface area contributed by atoms with E-state index < -0.39 is 19.8 Å². The number of aliphatic hydroxyl groups excluding tert-OH is 1. The maximum Gasteiger partial charge on any atom is 0.261 e. The molecule has 210 valence electrons. The fraction of sp³-hybridized carbons (Fsp3) is 0.424. The maximum absolute atomic E-state index is 12.7. The highest BCUT2D eigenvalue weighted by molar-refractivity contribution is 6.99. The Bertz CT molecular complexity index is 1060. The second-order valence-corrected chi connectivity index (χ2v) is 16.0. The van der Waals surface area contributed by atoms with Crippen LogP contribution in [0.4, 0.5) is 0 Å². The molecule has 1 N–H and O–H groups in total. The number of halogens is 1. The summed E-state index contributed by atoms with van der Waals surface area (Å²) in [5, 5.41) is 12.4. The fourth-order valence-electron chi connectivity index (χ4n) is 5.06. The molecular formula is C33H43ClO4Si. The molecule has 0 amide bonds. The Labute approximate surface area is 240 Å². The molecule has 0 unspecified atom stereocenters. The van der Waals surface area contributed by atoms with E-state index in [0.717, 1.165) is 12.0 Å². The fourth-order valence-corrected chi connectivity index (χ4v) is 9.91. The molecule has 6 heteroatoms. The van der Waals surface area contributed by atoms with Gasteiger partial charge in [-0.15, -0.1) is 11.6 Å². The summed E-state index contributed by atoms with van der Waals surface area (Å²) >= 11 is 6.40. The minimum Gasteiger partial charge on any atom is -0.407 e. The van der Waals surface area contributed by atoms with Crippen molar-refractivity contribution in [3.05, 3.63) is 96.6 Å². The van der Waals surface area contributed by atoms with Crippen molar-refractivity contribution in [2.24, 2.45) is 0 Å². The highest BCUT2D eigenvalue weighted by Crippen LogP contribution is 2.36. The lowest BCUT2D eigenvalue weighted by Crippen LogP contribution is -2.66. The van der Waals surface area contributed by atoms with Gasteiger partial charge in [0, 0.05) is 26.1 Å². The first-order chi connectivity index (χ1) is 18.7. The summed E-state index contributed by atoms with van der Waals surface area (Å²) in [6, 6.07) is 31.0. The molecule has 39 heavy (non-hydrogen) atoms.